The number of carbonyl (C=O) groups is 1. The highest BCUT2D eigenvalue weighted by Gasteiger charge is 2.49. The molecule has 43 heavy (non-hydrogen) atoms. The number of rotatable bonds is 12. The lowest BCUT2D eigenvalue weighted by atomic mass is 10.0. The highest BCUT2D eigenvalue weighted by molar-refractivity contribution is 6.76. The third-order valence-electron chi connectivity index (χ3n) is 7.77. The molecule has 0 aliphatic carbocycles. The second-order valence-electron chi connectivity index (χ2n) is 12.1. The first kappa shape index (κ1) is 29.9. The molecule has 0 unspecified atom stereocenters. The second-order valence-corrected chi connectivity index (χ2v) is 18.1. The van der Waals surface area contributed by atoms with Crippen LogP contribution in [0.15, 0.2) is 54.6 Å². The first-order chi connectivity index (χ1) is 20.8. The lowest BCUT2D eigenvalue weighted by molar-refractivity contribution is -0.116. The van der Waals surface area contributed by atoms with Crippen LogP contribution in [0.4, 0.5) is 0 Å². The summed E-state index contributed by atoms with van der Waals surface area (Å²) in [5.74, 6) is 0. The summed E-state index contributed by atoms with van der Waals surface area (Å²) in [6.45, 7) is 8.60. The molecule has 0 amide bonds. The molecular formula is C32H36ClN3O6Si. The molecule has 4 heterocycles. The van der Waals surface area contributed by atoms with Crippen LogP contribution in [-0.2, 0) is 30.3 Å². The average Bonchev–Trinajstić information content (AvgIpc) is 3.71. The molecule has 1 N–H and O–H groups in total. The fourth-order valence-electron chi connectivity index (χ4n) is 5.41. The predicted molar refractivity (Wildman–Crippen MR) is 167 cm³/mol. The van der Waals surface area contributed by atoms with Gasteiger partial charge in [0.2, 0.25) is 0 Å². The fourth-order valence-corrected chi connectivity index (χ4v) is 6.46. The maximum absolute atomic E-state index is 10.7. The summed E-state index contributed by atoms with van der Waals surface area (Å²) in [6.07, 6.45) is -0.615. The lowest BCUT2D eigenvalue weighted by Crippen LogP contribution is -2.35. The number of benzene rings is 2. The molecule has 2 fully saturated rings. The van der Waals surface area contributed by atoms with Gasteiger partial charge in [-0.2, -0.15) is 4.98 Å². The van der Waals surface area contributed by atoms with E-state index in [0.717, 1.165) is 34.6 Å². The van der Waals surface area contributed by atoms with E-state index in [2.05, 4.69) is 48.9 Å². The quantitative estimate of drug-likeness (QED) is 0.118. The smallest absolute Gasteiger partial charge is 0.296 e. The zero-order valence-corrected chi connectivity index (χ0v) is 26.3. The van der Waals surface area contributed by atoms with Gasteiger partial charge in [-0.05, 0) is 17.2 Å². The Bertz CT molecular complexity index is 1560. The number of imidazole rings is 1. The van der Waals surface area contributed by atoms with Crippen molar-refractivity contribution in [2.75, 3.05) is 26.4 Å². The number of aromatic amines is 1. The number of H-pyrrole nitrogens is 1. The van der Waals surface area contributed by atoms with Crippen LogP contribution in [0.1, 0.15) is 5.56 Å². The van der Waals surface area contributed by atoms with E-state index in [1.54, 1.807) is 0 Å². The average molecular weight is 622 g/mol. The van der Waals surface area contributed by atoms with Crippen molar-refractivity contribution < 1.29 is 28.5 Å². The van der Waals surface area contributed by atoms with Crippen molar-refractivity contribution in [3.05, 3.63) is 65.2 Å². The highest BCUT2D eigenvalue weighted by Crippen LogP contribution is 2.36. The van der Waals surface area contributed by atoms with Gasteiger partial charge < -0.3 is 33.5 Å². The minimum atomic E-state index is -1.26. The number of aldehydes is 1. The Morgan fingerprint density at radius 3 is 2.35 bits per heavy atom. The fraction of sp³-hybridized carbons (Fsp3) is 0.406. The van der Waals surface area contributed by atoms with Crippen molar-refractivity contribution >= 4 is 37.1 Å². The van der Waals surface area contributed by atoms with Gasteiger partial charge in [-0.3, -0.25) is 0 Å². The molecule has 2 aliphatic rings. The standard InChI is InChI=1S/C32H36ClN3O6Si/c1-43(2,3)16-15-38-17-23-26(33)27(22-11-9-21(10-12-22)20-7-5-4-6-8-20)34-31-28(23)35-32(36-31)42-25-19-41-29-24(39-14-13-37)18-40-30(25)29/h4-13,24-25,29-30H,14-19H2,1-3H3,(H,34,35,36)/t24-,25-,29-,30-/m1/s1. The number of fused-ring (bicyclic) bond motifs is 2. The van der Waals surface area contributed by atoms with Crippen LogP contribution < -0.4 is 4.74 Å². The van der Waals surface area contributed by atoms with Crippen LogP contribution in [0.25, 0.3) is 33.5 Å². The Morgan fingerprint density at radius 1 is 0.953 bits per heavy atom. The molecule has 2 aliphatic heterocycles. The van der Waals surface area contributed by atoms with Gasteiger partial charge in [0.1, 0.15) is 31.2 Å². The van der Waals surface area contributed by atoms with E-state index in [4.69, 9.17) is 45.3 Å². The number of halogens is 1. The SMILES string of the molecule is C[Si](C)(C)CCOCc1c(Cl)c(-c2ccc(-c3ccccc3)cc2)nc2nc(O[C@@H]3CO[C@H]4[C@@H]3OC[C@H]4OCC=O)[nH]c12. The van der Waals surface area contributed by atoms with E-state index in [-0.39, 0.29) is 24.9 Å². The van der Waals surface area contributed by atoms with Gasteiger partial charge >= 0.3 is 0 Å². The molecule has 11 heteroatoms. The van der Waals surface area contributed by atoms with Gasteiger partial charge in [-0.25, -0.2) is 4.98 Å². The van der Waals surface area contributed by atoms with Crippen molar-refractivity contribution in [3.63, 3.8) is 0 Å². The van der Waals surface area contributed by atoms with E-state index in [1.807, 2.05) is 30.3 Å². The Kier molecular flexibility index (Phi) is 8.94. The van der Waals surface area contributed by atoms with Crippen LogP contribution in [0, 0.1) is 0 Å². The molecule has 4 atom stereocenters. The van der Waals surface area contributed by atoms with Crippen LogP contribution in [0.3, 0.4) is 0 Å². The highest BCUT2D eigenvalue weighted by atomic mass is 35.5. The summed E-state index contributed by atoms with van der Waals surface area (Å²) < 4.78 is 29.8. The van der Waals surface area contributed by atoms with Gasteiger partial charge in [0.15, 0.2) is 11.8 Å². The van der Waals surface area contributed by atoms with E-state index < -0.39 is 14.2 Å². The number of hydrogen-bond acceptors (Lipinski definition) is 8. The number of nitrogens with zero attached hydrogens (tertiary/aromatic N) is 2. The molecule has 2 aromatic heterocycles. The molecule has 2 saturated heterocycles. The molecule has 0 saturated carbocycles. The summed E-state index contributed by atoms with van der Waals surface area (Å²) in [4.78, 5) is 23.6. The van der Waals surface area contributed by atoms with Crippen LogP contribution in [0.5, 0.6) is 6.01 Å². The molecule has 0 radical (unpaired) electrons. The number of hydrogen-bond donors (Lipinski definition) is 1. The first-order valence-electron chi connectivity index (χ1n) is 14.6. The zero-order chi connectivity index (χ0) is 30.0. The predicted octanol–water partition coefficient (Wildman–Crippen LogP) is 5.93. The molecule has 6 rings (SSSR count). The Morgan fingerprint density at radius 2 is 1.63 bits per heavy atom. The Labute approximate surface area is 256 Å². The van der Waals surface area contributed by atoms with Gasteiger partial charge in [-0.15, -0.1) is 0 Å². The maximum Gasteiger partial charge on any atom is 0.296 e. The first-order valence-corrected chi connectivity index (χ1v) is 18.7. The van der Waals surface area contributed by atoms with Crippen LogP contribution in [-0.4, -0.2) is 80.2 Å². The topological polar surface area (TPSA) is 105 Å². The van der Waals surface area contributed by atoms with E-state index in [1.165, 1.54) is 0 Å². The molecular weight excluding hydrogens is 586 g/mol. The largest absolute Gasteiger partial charge is 0.456 e. The van der Waals surface area contributed by atoms with Gasteiger partial charge in [0, 0.05) is 25.8 Å². The summed E-state index contributed by atoms with van der Waals surface area (Å²) in [7, 11) is -1.26. The Balaban J connectivity index is 1.28. The summed E-state index contributed by atoms with van der Waals surface area (Å²) in [5, 5.41) is 0.515. The third-order valence-corrected chi connectivity index (χ3v) is 9.88. The van der Waals surface area contributed by atoms with Gasteiger partial charge in [0.25, 0.3) is 6.01 Å². The Hall–Kier alpha value is -3.12. The molecule has 226 valence electrons. The van der Waals surface area contributed by atoms with E-state index in [0.29, 0.717) is 54.3 Å². The monoisotopic (exact) mass is 621 g/mol. The minimum Gasteiger partial charge on any atom is -0.456 e. The molecule has 2 aromatic carbocycles. The minimum absolute atomic E-state index is 0.00222. The molecule has 0 spiro atoms. The van der Waals surface area contributed by atoms with Crippen molar-refractivity contribution in [2.24, 2.45) is 0 Å². The van der Waals surface area contributed by atoms with Gasteiger partial charge in [0.05, 0.1) is 36.1 Å². The normalized spacial score (nSPS) is 21.8. The number of nitrogens with one attached hydrogen (secondary N) is 1. The second kappa shape index (κ2) is 12.9. The maximum atomic E-state index is 10.7. The summed E-state index contributed by atoms with van der Waals surface area (Å²) in [6, 6.07) is 19.8. The van der Waals surface area contributed by atoms with Crippen molar-refractivity contribution in [1.82, 2.24) is 15.0 Å². The van der Waals surface area contributed by atoms with Crippen LogP contribution in [0.2, 0.25) is 30.7 Å². The molecule has 0 bridgehead atoms. The number of aromatic nitrogens is 3. The van der Waals surface area contributed by atoms with Crippen molar-refractivity contribution in [3.8, 4) is 28.4 Å². The van der Waals surface area contributed by atoms with E-state index in [9.17, 15) is 4.79 Å². The van der Waals surface area contributed by atoms with Gasteiger partial charge in [-0.1, -0.05) is 85.8 Å². The van der Waals surface area contributed by atoms with Crippen molar-refractivity contribution in [2.45, 2.75) is 56.7 Å². The van der Waals surface area contributed by atoms with Crippen molar-refractivity contribution in [1.29, 1.82) is 0 Å². The third kappa shape index (κ3) is 6.69. The summed E-state index contributed by atoms with van der Waals surface area (Å²) >= 11 is 7.06. The number of pyridine rings is 1. The lowest BCUT2D eigenvalue weighted by Gasteiger charge is -2.16. The summed E-state index contributed by atoms with van der Waals surface area (Å²) in [5.41, 5.74) is 5.71. The number of carbonyl (C=O) groups excluding carboxylic acids is 1. The molecule has 9 nitrogen and oxygen atoms in total. The number of ether oxygens (including phenoxy) is 5. The van der Waals surface area contributed by atoms with Crippen LogP contribution >= 0.6 is 11.6 Å². The molecule has 4 aromatic rings. The van der Waals surface area contributed by atoms with E-state index >= 15 is 0 Å². The zero-order valence-electron chi connectivity index (χ0n) is 24.5.